The van der Waals surface area contributed by atoms with E-state index in [1.807, 2.05) is 0 Å². The Balaban J connectivity index is 2.26. The van der Waals surface area contributed by atoms with Crippen molar-refractivity contribution in [2.24, 2.45) is 0 Å². The van der Waals surface area contributed by atoms with Crippen LogP contribution in [0.15, 0.2) is 29.1 Å². The van der Waals surface area contributed by atoms with E-state index in [1.54, 1.807) is 24.3 Å². The van der Waals surface area contributed by atoms with Gasteiger partial charge >= 0.3 is 0 Å². The van der Waals surface area contributed by atoms with Crippen LogP contribution in [0.25, 0.3) is 10.9 Å². The van der Waals surface area contributed by atoms with Crippen LogP contribution in [0.5, 0.6) is 0 Å². The van der Waals surface area contributed by atoms with Crippen molar-refractivity contribution in [1.82, 2.24) is 9.66 Å². The minimum absolute atomic E-state index is 0.228. The Morgan fingerprint density at radius 3 is 2.64 bits per heavy atom. The predicted molar refractivity (Wildman–Crippen MR) is 83.0 cm³/mol. The first-order valence-corrected chi connectivity index (χ1v) is 7.53. The van der Waals surface area contributed by atoms with Gasteiger partial charge in [-0.2, -0.15) is 4.68 Å². The smallest absolute Gasteiger partial charge is 0.280 e. The number of carbonyl (C=O) groups excluding carboxylic acids is 1. The summed E-state index contributed by atoms with van der Waals surface area (Å²) in [6.07, 6.45) is 3.88. The number of para-hydroxylation sites is 1. The summed E-state index contributed by atoms with van der Waals surface area (Å²) in [6, 6.07) is 6.95. The van der Waals surface area contributed by atoms with Crippen molar-refractivity contribution >= 4 is 16.8 Å². The highest BCUT2D eigenvalue weighted by molar-refractivity contribution is 5.82. The summed E-state index contributed by atoms with van der Waals surface area (Å²) in [7, 11) is 0. The molecule has 1 aromatic carbocycles. The van der Waals surface area contributed by atoms with Crippen LogP contribution in [0.4, 0.5) is 0 Å². The first-order valence-electron chi connectivity index (χ1n) is 7.53. The molecule has 22 heavy (non-hydrogen) atoms. The molecular formula is C16H19N3O3. The fourth-order valence-corrected chi connectivity index (χ4v) is 3.07. The standard InChI is InChI=1S/C16H19N3O3/c1-11(20)18-19-14(21)12-7-3-4-8-13(12)17-15(19)16(22)9-5-2-6-10-16/h3-4,7-8,22H,2,5-6,9-10H2,1H3,(H,18,20). The van der Waals surface area contributed by atoms with E-state index >= 15 is 0 Å². The van der Waals surface area contributed by atoms with Crippen LogP contribution in [0, 0.1) is 0 Å². The maximum Gasteiger partial charge on any atom is 0.280 e. The highest BCUT2D eigenvalue weighted by Gasteiger charge is 2.36. The fourth-order valence-electron chi connectivity index (χ4n) is 3.07. The van der Waals surface area contributed by atoms with Gasteiger partial charge in [-0.15, -0.1) is 0 Å². The molecule has 1 aliphatic carbocycles. The van der Waals surface area contributed by atoms with Gasteiger partial charge in [0.25, 0.3) is 5.56 Å². The topological polar surface area (TPSA) is 84.2 Å². The SMILES string of the molecule is CC(=O)Nn1c(C2(O)CCCCC2)nc2ccccc2c1=O. The predicted octanol–water partition coefficient (Wildman–Crippen LogP) is 1.64. The zero-order valence-electron chi connectivity index (χ0n) is 12.5. The summed E-state index contributed by atoms with van der Waals surface area (Å²) in [5.74, 6) is -0.147. The number of aliphatic hydroxyl groups is 1. The molecule has 1 fully saturated rings. The number of amides is 1. The van der Waals surface area contributed by atoms with E-state index in [2.05, 4.69) is 10.4 Å². The molecule has 0 bridgehead atoms. The Morgan fingerprint density at radius 1 is 1.27 bits per heavy atom. The number of carbonyl (C=O) groups is 1. The molecule has 6 nitrogen and oxygen atoms in total. The lowest BCUT2D eigenvalue weighted by Gasteiger charge is -2.33. The van der Waals surface area contributed by atoms with Crippen molar-refractivity contribution < 1.29 is 9.90 Å². The van der Waals surface area contributed by atoms with E-state index < -0.39 is 5.60 Å². The van der Waals surface area contributed by atoms with Crippen molar-refractivity contribution in [3.05, 3.63) is 40.4 Å². The van der Waals surface area contributed by atoms with Crippen LogP contribution >= 0.6 is 0 Å². The van der Waals surface area contributed by atoms with Crippen LogP contribution in [0.2, 0.25) is 0 Å². The average molecular weight is 301 g/mol. The minimum Gasteiger partial charge on any atom is -0.382 e. The number of aromatic nitrogens is 2. The van der Waals surface area contributed by atoms with Gasteiger partial charge < -0.3 is 5.11 Å². The summed E-state index contributed by atoms with van der Waals surface area (Å²) >= 11 is 0. The van der Waals surface area contributed by atoms with Gasteiger partial charge in [-0.3, -0.25) is 15.0 Å². The molecular weight excluding hydrogens is 282 g/mol. The second kappa shape index (κ2) is 5.53. The number of hydrogen-bond donors (Lipinski definition) is 2. The molecule has 3 rings (SSSR count). The molecule has 0 spiro atoms. The second-order valence-electron chi connectivity index (χ2n) is 5.85. The third-order valence-corrected chi connectivity index (χ3v) is 4.14. The zero-order valence-corrected chi connectivity index (χ0v) is 12.5. The lowest BCUT2D eigenvalue weighted by Crippen LogP contribution is -2.42. The van der Waals surface area contributed by atoms with Crippen molar-refractivity contribution in [2.75, 3.05) is 5.43 Å². The first-order chi connectivity index (χ1) is 10.5. The number of nitrogens with one attached hydrogen (secondary N) is 1. The van der Waals surface area contributed by atoms with Crippen LogP contribution in [-0.4, -0.2) is 20.7 Å². The minimum atomic E-state index is -1.18. The lowest BCUT2D eigenvalue weighted by molar-refractivity contribution is -0.115. The highest BCUT2D eigenvalue weighted by Crippen LogP contribution is 2.35. The molecule has 116 valence electrons. The lowest BCUT2D eigenvalue weighted by atomic mass is 9.84. The zero-order chi connectivity index (χ0) is 15.7. The summed E-state index contributed by atoms with van der Waals surface area (Å²) in [6.45, 7) is 1.33. The van der Waals surface area contributed by atoms with Gasteiger partial charge in [-0.25, -0.2) is 4.98 Å². The van der Waals surface area contributed by atoms with E-state index in [1.165, 1.54) is 6.92 Å². The van der Waals surface area contributed by atoms with Gasteiger partial charge in [-0.1, -0.05) is 31.4 Å². The quantitative estimate of drug-likeness (QED) is 0.883. The van der Waals surface area contributed by atoms with Crippen molar-refractivity contribution in [1.29, 1.82) is 0 Å². The van der Waals surface area contributed by atoms with Crippen molar-refractivity contribution in [2.45, 2.75) is 44.6 Å². The normalized spacial score (nSPS) is 17.4. The average Bonchev–Trinajstić information content (AvgIpc) is 2.50. The van der Waals surface area contributed by atoms with Gasteiger partial charge in [0, 0.05) is 6.92 Å². The van der Waals surface area contributed by atoms with Crippen LogP contribution in [0.1, 0.15) is 44.9 Å². The van der Waals surface area contributed by atoms with E-state index in [-0.39, 0.29) is 17.3 Å². The van der Waals surface area contributed by atoms with E-state index in [9.17, 15) is 14.7 Å². The Labute approximate surface area is 127 Å². The van der Waals surface area contributed by atoms with Gasteiger partial charge in [0.2, 0.25) is 5.91 Å². The van der Waals surface area contributed by atoms with E-state index in [0.29, 0.717) is 23.7 Å². The fraction of sp³-hybridized carbons (Fsp3) is 0.438. The Bertz CT molecular complexity index is 776. The van der Waals surface area contributed by atoms with Crippen LogP contribution in [0.3, 0.4) is 0 Å². The van der Waals surface area contributed by atoms with Crippen molar-refractivity contribution in [3.8, 4) is 0 Å². The summed E-state index contributed by atoms with van der Waals surface area (Å²) < 4.78 is 1.11. The molecule has 0 atom stereocenters. The summed E-state index contributed by atoms with van der Waals surface area (Å²) in [4.78, 5) is 28.6. The largest absolute Gasteiger partial charge is 0.382 e. The highest BCUT2D eigenvalue weighted by atomic mass is 16.3. The maximum absolute atomic E-state index is 12.7. The Morgan fingerprint density at radius 2 is 1.95 bits per heavy atom. The second-order valence-corrected chi connectivity index (χ2v) is 5.85. The Hall–Kier alpha value is -2.21. The number of hydrogen-bond acceptors (Lipinski definition) is 4. The van der Waals surface area contributed by atoms with Crippen LogP contribution in [-0.2, 0) is 10.4 Å². The number of fused-ring (bicyclic) bond motifs is 1. The molecule has 2 N–H and O–H groups in total. The van der Waals surface area contributed by atoms with Crippen LogP contribution < -0.4 is 11.0 Å². The molecule has 0 radical (unpaired) electrons. The molecule has 6 heteroatoms. The van der Waals surface area contributed by atoms with Gasteiger partial charge in [0.15, 0.2) is 5.82 Å². The molecule has 1 aliphatic rings. The number of benzene rings is 1. The molecule has 0 saturated heterocycles. The first kappa shape index (κ1) is 14.7. The van der Waals surface area contributed by atoms with Gasteiger partial charge in [0.1, 0.15) is 5.60 Å². The molecule has 2 aromatic rings. The number of rotatable bonds is 2. The van der Waals surface area contributed by atoms with Crippen molar-refractivity contribution in [3.63, 3.8) is 0 Å². The van der Waals surface area contributed by atoms with E-state index in [4.69, 9.17) is 0 Å². The third-order valence-electron chi connectivity index (χ3n) is 4.14. The molecule has 1 saturated carbocycles. The Kier molecular flexibility index (Phi) is 3.70. The molecule has 0 unspecified atom stereocenters. The molecule has 1 aromatic heterocycles. The summed E-state index contributed by atoms with van der Waals surface area (Å²) in [5, 5.41) is 11.4. The van der Waals surface area contributed by atoms with Gasteiger partial charge in [0.05, 0.1) is 10.9 Å². The summed E-state index contributed by atoms with van der Waals surface area (Å²) in [5.41, 5.74) is 1.49. The maximum atomic E-state index is 12.7. The molecule has 0 aliphatic heterocycles. The number of nitrogens with zero attached hydrogens (tertiary/aromatic N) is 2. The monoisotopic (exact) mass is 301 g/mol. The third kappa shape index (κ3) is 2.50. The molecule has 1 heterocycles. The molecule has 1 amide bonds. The van der Waals surface area contributed by atoms with Gasteiger partial charge in [-0.05, 0) is 25.0 Å². The van der Waals surface area contributed by atoms with E-state index in [0.717, 1.165) is 23.9 Å².